The Bertz CT molecular complexity index is 1050. The van der Waals surface area contributed by atoms with E-state index in [9.17, 15) is 13.9 Å². The zero-order valence-corrected chi connectivity index (χ0v) is 22.6. The molecule has 8 heteroatoms. The van der Waals surface area contributed by atoms with Crippen LogP contribution < -0.4 is 14.5 Å². The van der Waals surface area contributed by atoms with Gasteiger partial charge in [0.05, 0.1) is 28.6 Å². The Balaban J connectivity index is 2.24. The summed E-state index contributed by atoms with van der Waals surface area (Å²) in [5.41, 5.74) is 2.20. The first-order chi connectivity index (χ1) is 17.1. The molecule has 0 amide bonds. The Kier molecular flexibility index (Phi) is 9.33. The third-order valence-electron chi connectivity index (χ3n) is 6.76. The van der Waals surface area contributed by atoms with Crippen LogP contribution in [0.2, 0.25) is 0 Å². The van der Waals surface area contributed by atoms with E-state index in [-0.39, 0.29) is 5.41 Å². The van der Waals surface area contributed by atoms with Crippen LogP contribution in [-0.4, -0.2) is 46.6 Å². The highest BCUT2D eigenvalue weighted by Crippen LogP contribution is 2.62. The maximum Gasteiger partial charge on any atom is 0.331 e. The SMILES string of the molecule is CCCCC1(CCCC)CN(c2ccccc2)c2cc(N(C)C)c(OC=CC(=O)O)cc2S(O)(O)C1. The fraction of sp³-hybridized carbons (Fsp3) is 0.464. The van der Waals surface area contributed by atoms with Crippen LogP contribution in [0.1, 0.15) is 52.4 Å². The van der Waals surface area contributed by atoms with Crippen molar-refractivity contribution in [3.8, 4) is 5.75 Å². The molecule has 0 saturated carbocycles. The smallest absolute Gasteiger partial charge is 0.331 e. The van der Waals surface area contributed by atoms with Crippen molar-refractivity contribution in [3.63, 3.8) is 0 Å². The van der Waals surface area contributed by atoms with E-state index in [4.69, 9.17) is 9.84 Å². The molecular weight excluding hydrogens is 476 g/mol. The number of hydrogen-bond acceptors (Lipinski definition) is 6. The molecule has 1 aliphatic heterocycles. The molecule has 2 aromatic carbocycles. The Labute approximate surface area is 216 Å². The molecule has 7 nitrogen and oxygen atoms in total. The Morgan fingerprint density at radius 1 is 1.11 bits per heavy atom. The molecule has 3 N–H and O–H groups in total. The molecule has 0 unspecified atom stereocenters. The van der Waals surface area contributed by atoms with Crippen LogP contribution in [0, 0.1) is 5.41 Å². The van der Waals surface area contributed by atoms with E-state index in [0.29, 0.717) is 22.9 Å². The summed E-state index contributed by atoms with van der Waals surface area (Å²) >= 11 is 0. The van der Waals surface area contributed by atoms with E-state index >= 15 is 0 Å². The summed E-state index contributed by atoms with van der Waals surface area (Å²) in [6, 6.07) is 13.7. The van der Waals surface area contributed by atoms with Gasteiger partial charge in [0.25, 0.3) is 0 Å². The lowest BCUT2D eigenvalue weighted by atomic mass is 9.79. The molecule has 36 heavy (non-hydrogen) atoms. The molecule has 0 aliphatic carbocycles. The molecule has 0 aromatic heterocycles. The van der Waals surface area contributed by atoms with Crippen LogP contribution in [0.3, 0.4) is 0 Å². The molecule has 0 fully saturated rings. The van der Waals surface area contributed by atoms with Gasteiger partial charge in [-0.15, -0.1) is 0 Å². The molecule has 3 rings (SSSR count). The first-order valence-electron chi connectivity index (χ1n) is 12.6. The summed E-state index contributed by atoms with van der Waals surface area (Å²) in [5.74, 6) is -0.451. The molecule has 1 heterocycles. The molecular formula is C28H40N2O5S. The van der Waals surface area contributed by atoms with E-state index in [1.165, 1.54) is 0 Å². The van der Waals surface area contributed by atoms with E-state index in [2.05, 4.69) is 30.9 Å². The van der Waals surface area contributed by atoms with Gasteiger partial charge in [0.2, 0.25) is 0 Å². The number of benzene rings is 2. The van der Waals surface area contributed by atoms with Crippen LogP contribution in [0.15, 0.2) is 59.7 Å². The van der Waals surface area contributed by atoms with Gasteiger partial charge < -0.3 is 19.6 Å². The van der Waals surface area contributed by atoms with Crippen molar-refractivity contribution >= 4 is 33.6 Å². The third-order valence-corrected chi connectivity index (χ3v) is 8.81. The first-order valence-corrected chi connectivity index (χ1v) is 14.3. The Morgan fingerprint density at radius 3 is 2.31 bits per heavy atom. The minimum absolute atomic E-state index is 0.262. The minimum Gasteiger partial charge on any atom is -0.478 e. The maximum absolute atomic E-state index is 11.7. The average Bonchev–Trinajstić information content (AvgIpc) is 2.93. The number of carboxylic acids is 1. The molecule has 198 valence electrons. The van der Waals surface area contributed by atoms with Crippen LogP contribution in [0.4, 0.5) is 17.1 Å². The Hall–Kier alpha value is -2.68. The Morgan fingerprint density at radius 2 is 1.75 bits per heavy atom. The van der Waals surface area contributed by atoms with Gasteiger partial charge in [0.1, 0.15) is 0 Å². The highest BCUT2D eigenvalue weighted by atomic mass is 32.3. The van der Waals surface area contributed by atoms with E-state index in [1.54, 1.807) is 6.07 Å². The summed E-state index contributed by atoms with van der Waals surface area (Å²) in [6.07, 6.45) is 8.00. The zero-order valence-electron chi connectivity index (χ0n) is 21.8. The number of para-hydroxylation sites is 1. The van der Waals surface area contributed by atoms with Crippen molar-refractivity contribution in [2.75, 3.05) is 36.2 Å². The summed E-state index contributed by atoms with van der Waals surface area (Å²) in [5, 5.41) is 8.98. The van der Waals surface area contributed by atoms with Crippen molar-refractivity contribution in [2.45, 2.75) is 57.3 Å². The minimum atomic E-state index is -3.17. The van der Waals surface area contributed by atoms with Gasteiger partial charge in [-0.1, -0.05) is 57.7 Å². The van der Waals surface area contributed by atoms with Gasteiger partial charge in [-0.25, -0.2) is 4.79 Å². The van der Waals surface area contributed by atoms with Gasteiger partial charge in [-0.05, 0) is 31.0 Å². The van der Waals surface area contributed by atoms with Gasteiger partial charge >= 0.3 is 5.97 Å². The number of carbonyl (C=O) groups is 1. The second-order valence-corrected chi connectivity index (χ2v) is 11.9. The summed E-state index contributed by atoms with van der Waals surface area (Å²) < 4.78 is 29.1. The fourth-order valence-corrected chi connectivity index (χ4v) is 7.15. The number of carboxylic acid groups (broad SMARTS) is 1. The zero-order chi connectivity index (χ0) is 26.3. The van der Waals surface area contributed by atoms with Crippen molar-refractivity contribution in [3.05, 3.63) is 54.8 Å². The predicted octanol–water partition coefficient (Wildman–Crippen LogP) is 7.36. The first kappa shape index (κ1) is 27.9. The van der Waals surface area contributed by atoms with Gasteiger partial charge in [-0.2, -0.15) is 10.6 Å². The van der Waals surface area contributed by atoms with Crippen LogP contribution >= 0.6 is 10.6 Å². The number of hydrogen-bond donors (Lipinski definition) is 3. The standard InChI is InChI=1S/C28H40N2O5S/c1-5-7-15-28(16-8-6-2)20-30(22-12-10-9-11-13-22)24-18-23(29(3)4)25(35-17-14-27(31)32)19-26(24)36(33,34)21-28/h9-14,17-19,33-34H,5-8,15-16,20-21H2,1-4H3,(H,31,32). The molecule has 0 spiro atoms. The molecule has 0 atom stereocenters. The lowest BCUT2D eigenvalue weighted by molar-refractivity contribution is -0.131. The number of nitrogens with zero attached hydrogens (tertiary/aromatic N) is 2. The monoisotopic (exact) mass is 516 g/mol. The number of unbranched alkanes of at least 4 members (excludes halogenated alkanes) is 2. The lowest BCUT2D eigenvalue weighted by Crippen LogP contribution is -2.37. The molecule has 2 aromatic rings. The van der Waals surface area contributed by atoms with Gasteiger partial charge in [-0.3, -0.25) is 9.11 Å². The normalized spacial score (nSPS) is 17.3. The molecule has 1 aliphatic rings. The second-order valence-electron chi connectivity index (χ2n) is 9.88. The molecule has 0 saturated heterocycles. The summed E-state index contributed by atoms with van der Waals surface area (Å²) in [4.78, 5) is 15.5. The summed E-state index contributed by atoms with van der Waals surface area (Å²) in [7, 11) is 0.583. The third kappa shape index (κ3) is 6.55. The van der Waals surface area contributed by atoms with Crippen molar-refractivity contribution in [2.24, 2.45) is 5.41 Å². The van der Waals surface area contributed by atoms with Crippen LogP contribution in [-0.2, 0) is 4.79 Å². The largest absolute Gasteiger partial charge is 0.478 e. The van der Waals surface area contributed by atoms with Gasteiger partial charge in [0.15, 0.2) is 5.75 Å². The van der Waals surface area contributed by atoms with Crippen LogP contribution in [0.25, 0.3) is 0 Å². The number of ether oxygens (including phenoxy) is 1. The molecule has 0 radical (unpaired) electrons. The number of fused-ring (bicyclic) bond motifs is 1. The average molecular weight is 517 g/mol. The lowest BCUT2D eigenvalue weighted by Gasteiger charge is -2.42. The fourth-order valence-electron chi connectivity index (χ4n) is 4.96. The molecule has 0 bridgehead atoms. The van der Waals surface area contributed by atoms with Crippen molar-refractivity contribution < 1.29 is 23.7 Å². The van der Waals surface area contributed by atoms with Gasteiger partial charge in [0, 0.05) is 43.6 Å². The van der Waals surface area contributed by atoms with E-state index in [0.717, 1.165) is 67.9 Å². The summed E-state index contributed by atoms with van der Waals surface area (Å²) in [6.45, 7) is 5.03. The number of rotatable bonds is 11. The topological polar surface area (TPSA) is 93.5 Å². The highest BCUT2D eigenvalue weighted by molar-refractivity contribution is 8.24. The predicted molar refractivity (Wildman–Crippen MR) is 149 cm³/mol. The number of anilines is 3. The highest BCUT2D eigenvalue weighted by Gasteiger charge is 2.42. The van der Waals surface area contributed by atoms with E-state index < -0.39 is 16.6 Å². The van der Waals surface area contributed by atoms with E-state index in [1.807, 2.05) is 43.3 Å². The van der Waals surface area contributed by atoms with Crippen LogP contribution in [0.5, 0.6) is 5.75 Å². The maximum atomic E-state index is 11.7. The van der Waals surface area contributed by atoms with Crippen molar-refractivity contribution in [1.29, 1.82) is 0 Å². The second kappa shape index (κ2) is 12.0. The number of aliphatic carboxylic acids is 1. The quantitative estimate of drug-likeness (QED) is 0.212. The van der Waals surface area contributed by atoms with Crippen molar-refractivity contribution in [1.82, 2.24) is 0 Å².